The topological polar surface area (TPSA) is 64.6 Å². The molecule has 1 fully saturated rings. The van der Waals surface area contributed by atoms with E-state index < -0.39 is 6.04 Å². The quantitative estimate of drug-likeness (QED) is 0.712. The predicted molar refractivity (Wildman–Crippen MR) is 65.5 cm³/mol. The molecule has 1 unspecified atom stereocenters. The molecule has 1 atom stereocenters. The van der Waals surface area contributed by atoms with Crippen LogP contribution in [0.2, 0.25) is 0 Å². The molecule has 2 rings (SSSR count). The third-order valence-corrected chi connectivity index (χ3v) is 2.99. The molecule has 1 aromatic rings. The number of nitrogens with zero attached hydrogens (tertiary/aromatic N) is 3. The van der Waals surface area contributed by atoms with Crippen LogP contribution in [0.4, 0.5) is 5.69 Å². The van der Waals surface area contributed by atoms with Gasteiger partial charge >= 0.3 is 5.97 Å². The molecule has 6 nitrogen and oxygen atoms in total. The zero-order valence-electron chi connectivity index (χ0n) is 10.8. The third kappa shape index (κ3) is 2.43. The highest BCUT2D eigenvalue weighted by atomic mass is 16.5. The number of methoxy groups -OCH3 is 1. The molecule has 0 aromatic carbocycles. The number of hydrogen-bond acceptors (Lipinski definition) is 6. The van der Waals surface area contributed by atoms with Gasteiger partial charge in [0.25, 0.3) is 0 Å². The number of aryl methyl sites for hydroxylation is 2. The van der Waals surface area contributed by atoms with E-state index in [-0.39, 0.29) is 5.97 Å². The summed E-state index contributed by atoms with van der Waals surface area (Å²) >= 11 is 0. The Balaban J connectivity index is 2.33. The van der Waals surface area contributed by atoms with Crippen molar-refractivity contribution in [2.24, 2.45) is 0 Å². The van der Waals surface area contributed by atoms with E-state index in [1.54, 1.807) is 0 Å². The average Bonchev–Trinajstić information content (AvgIpc) is 2.40. The van der Waals surface area contributed by atoms with Crippen molar-refractivity contribution in [2.75, 3.05) is 31.8 Å². The number of morpholine rings is 1. The number of aromatic nitrogens is 2. The maximum absolute atomic E-state index is 11.8. The molecule has 0 N–H and O–H groups in total. The second-order valence-corrected chi connectivity index (χ2v) is 4.26. The Bertz CT molecular complexity index is 450. The minimum absolute atomic E-state index is 0.288. The Morgan fingerprint density at radius 3 is 3.00 bits per heavy atom. The number of hydrogen-bond donors (Lipinski definition) is 0. The van der Waals surface area contributed by atoms with Gasteiger partial charge in [-0.05, 0) is 19.9 Å². The molecule has 1 saturated heterocycles. The van der Waals surface area contributed by atoms with Crippen molar-refractivity contribution >= 4 is 11.7 Å². The molecule has 0 spiro atoms. The maximum Gasteiger partial charge on any atom is 0.330 e. The van der Waals surface area contributed by atoms with Crippen LogP contribution >= 0.6 is 0 Å². The van der Waals surface area contributed by atoms with Crippen LogP contribution in [0.1, 0.15) is 11.4 Å². The fourth-order valence-corrected chi connectivity index (χ4v) is 2.05. The van der Waals surface area contributed by atoms with Gasteiger partial charge in [-0.2, -0.15) is 10.2 Å². The van der Waals surface area contributed by atoms with E-state index in [0.29, 0.717) is 19.8 Å². The first kappa shape index (κ1) is 12.8. The Kier molecular flexibility index (Phi) is 3.76. The highest BCUT2D eigenvalue weighted by Crippen LogP contribution is 2.23. The van der Waals surface area contributed by atoms with Gasteiger partial charge in [0.05, 0.1) is 37.4 Å². The molecule has 0 radical (unpaired) electrons. The summed E-state index contributed by atoms with van der Waals surface area (Å²) in [5.41, 5.74) is 2.54. The fraction of sp³-hybridized carbons (Fsp3) is 0.583. The molecule has 0 saturated carbocycles. The lowest BCUT2D eigenvalue weighted by molar-refractivity contribution is -0.144. The number of rotatable bonds is 2. The zero-order chi connectivity index (χ0) is 13.1. The molecule has 2 heterocycles. The first-order valence-corrected chi connectivity index (χ1v) is 5.86. The molecule has 0 bridgehead atoms. The molecule has 98 valence electrons. The van der Waals surface area contributed by atoms with Gasteiger partial charge < -0.3 is 14.4 Å². The van der Waals surface area contributed by atoms with Crippen molar-refractivity contribution in [1.82, 2.24) is 10.2 Å². The van der Waals surface area contributed by atoms with E-state index >= 15 is 0 Å². The third-order valence-electron chi connectivity index (χ3n) is 2.99. The van der Waals surface area contributed by atoms with Crippen LogP contribution in [0.3, 0.4) is 0 Å². The summed E-state index contributed by atoms with van der Waals surface area (Å²) in [6.07, 6.45) is 0. The van der Waals surface area contributed by atoms with Gasteiger partial charge in [-0.1, -0.05) is 0 Å². The van der Waals surface area contributed by atoms with Gasteiger partial charge in [-0.3, -0.25) is 0 Å². The Hall–Kier alpha value is -1.69. The minimum atomic E-state index is -0.411. The smallest absolute Gasteiger partial charge is 0.330 e. The molecule has 0 aliphatic carbocycles. The van der Waals surface area contributed by atoms with Gasteiger partial charge in [0.2, 0.25) is 0 Å². The zero-order valence-corrected chi connectivity index (χ0v) is 10.8. The molecule has 1 aliphatic rings. The number of ether oxygens (including phenoxy) is 2. The van der Waals surface area contributed by atoms with Crippen molar-refractivity contribution in [3.05, 3.63) is 17.5 Å². The second kappa shape index (κ2) is 5.30. The standard InChI is InChI=1S/C12H17N3O3/c1-8-6-10(9(2)14-13-8)15-4-5-18-7-11(15)12(16)17-3/h6,11H,4-5,7H2,1-3H3. The van der Waals surface area contributed by atoms with E-state index in [0.717, 1.165) is 17.1 Å². The van der Waals surface area contributed by atoms with Gasteiger partial charge in [-0.15, -0.1) is 0 Å². The van der Waals surface area contributed by atoms with Gasteiger partial charge in [0.15, 0.2) is 6.04 Å². The van der Waals surface area contributed by atoms with Crippen LogP contribution in [0, 0.1) is 13.8 Å². The van der Waals surface area contributed by atoms with Crippen LogP contribution in [0.5, 0.6) is 0 Å². The first-order chi connectivity index (χ1) is 8.63. The summed E-state index contributed by atoms with van der Waals surface area (Å²) in [7, 11) is 1.39. The number of carbonyl (C=O) groups is 1. The summed E-state index contributed by atoms with van der Waals surface area (Å²) in [5.74, 6) is -0.288. The summed E-state index contributed by atoms with van der Waals surface area (Å²) in [4.78, 5) is 13.7. The molecule has 1 aliphatic heterocycles. The van der Waals surface area contributed by atoms with Crippen molar-refractivity contribution in [2.45, 2.75) is 19.9 Å². The molecule has 1 aromatic heterocycles. The predicted octanol–water partition coefficient (Wildman–Crippen LogP) is 0.472. The molecular formula is C12H17N3O3. The largest absolute Gasteiger partial charge is 0.467 e. The summed E-state index contributed by atoms with van der Waals surface area (Å²) in [5, 5.41) is 8.09. The molecule has 6 heteroatoms. The Morgan fingerprint density at radius 2 is 2.28 bits per heavy atom. The van der Waals surface area contributed by atoms with Crippen LogP contribution in [-0.4, -0.2) is 49.1 Å². The summed E-state index contributed by atoms with van der Waals surface area (Å²) in [6.45, 7) is 5.34. The lowest BCUT2D eigenvalue weighted by Crippen LogP contribution is -2.51. The van der Waals surface area contributed by atoms with E-state index in [2.05, 4.69) is 10.2 Å². The highest BCUT2D eigenvalue weighted by molar-refractivity contribution is 5.80. The lowest BCUT2D eigenvalue weighted by atomic mass is 10.1. The van der Waals surface area contributed by atoms with Gasteiger partial charge in [0, 0.05) is 6.54 Å². The van der Waals surface area contributed by atoms with Crippen LogP contribution in [0.15, 0.2) is 6.07 Å². The lowest BCUT2D eigenvalue weighted by Gasteiger charge is -2.35. The van der Waals surface area contributed by atoms with E-state index in [4.69, 9.17) is 9.47 Å². The fourth-order valence-electron chi connectivity index (χ4n) is 2.05. The molecule has 0 amide bonds. The van der Waals surface area contributed by atoms with E-state index in [1.807, 2.05) is 24.8 Å². The monoisotopic (exact) mass is 251 g/mol. The van der Waals surface area contributed by atoms with E-state index in [9.17, 15) is 4.79 Å². The normalized spacial score (nSPS) is 19.7. The molecule has 18 heavy (non-hydrogen) atoms. The number of esters is 1. The number of carbonyl (C=O) groups excluding carboxylic acids is 1. The summed E-state index contributed by atoms with van der Waals surface area (Å²) < 4.78 is 10.2. The Labute approximate surface area is 106 Å². The van der Waals surface area contributed by atoms with Crippen molar-refractivity contribution in [3.8, 4) is 0 Å². The second-order valence-electron chi connectivity index (χ2n) is 4.26. The van der Waals surface area contributed by atoms with Crippen LogP contribution in [0.25, 0.3) is 0 Å². The first-order valence-electron chi connectivity index (χ1n) is 5.86. The van der Waals surface area contributed by atoms with Gasteiger partial charge in [0.1, 0.15) is 0 Å². The van der Waals surface area contributed by atoms with Crippen LogP contribution < -0.4 is 4.90 Å². The van der Waals surface area contributed by atoms with Crippen molar-refractivity contribution < 1.29 is 14.3 Å². The van der Waals surface area contributed by atoms with E-state index in [1.165, 1.54) is 7.11 Å². The number of anilines is 1. The SMILES string of the molecule is COC(=O)C1COCCN1c1cc(C)nnc1C. The average molecular weight is 251 g/mol. The Morgan fingerprint density at radius 1 is 1.50 bits per heavy atom. The molecular weight excluding hydrogens is 234 g/mol. The highest BCUT2D eigenvalue weighted by Gasteiger charge is 2.31. The van der Waals surface area contributed by atoms with Crippen LogP contribution in [-0.2, 0) is 14.3 Å². The van der Waals surface area contributed by atoms with Crippen molar-refractivity contribution in [1.29, 1.82) is 0 Å². The maximum atomic E-state index is 11.8. The van der Waals surface area contributed by atoms with Crippen molar-refractivity contribution in [3.63, 3.8) is 0 Å². The van der Waals surface area contributed by atoms with Gasteiger partial charge in [-0.25, -0.2) is 4.79 Å². The minimum Gasteiger partial charge on any atom is -0.467 e. The summed E-state index contributed by atoms with van der Waals surface area (Å²) in [6, 6.07) is 1.52.